The molecular weight excluding hydrogens is 419 g/mol. The van der Waals surface area contributed by atoms with Crippen LogP contribution in [0.2, 0.25) is 15.1 Å². The monoisotopic (exact) mass is 430 g/mol. The maximum absolute atomic E-state index is 12.3. The number of rotatable bonds is 4. The summed E-state index contributed by atoms with van der Waals surface area (Å²) < 4.78 is 5.74. The summed E-state index contributed by atoms with van der Waals surface area (Å²) in [7, 11) is 0. The van der Waals surface area contributed by atoms with Crippen molar-refractivity contribution in [1.29, 1.82) is 0 Å². The van der Waals surface area contributed by atoms with Crippen molar-refractivity contribution < 1.29 is 9.21 Å². The van der Waals surface area contributed by atoms with Crippen LogP contribution in [0.3, 0.4) is 0 Å². The van der Waals surface area contributed by atoms with Gasteiger partial charge in [-0.3, -0.25) is 4.79 Å². The molecule has 0 atom stereocenters. The van der Waals surface area contributed by atoms with Crippen LogP contribution in [0.25, 0.3) is 11.1 Å². The first-order valence-corrected chi connectivity index (χ1v) is 9.51. The first-order chi connectivity index (χ1) is 13.5. The summed E-state index contributed by atoms with van der Waals surface area (Å²) in [5.41, 5.74) is 3.54. The molecule has 28 heavy (non-hydrogen) atoms. The molecule has 0 saturated heterocycles. The van der Waals surface area contributed by atoms with Crippen LogP contribution in [0.1, 0.15) is 21.8 Å². The molecule has 1 heterocycles. The molecule has 0 unspecified atom stereocenters. The average Bonchev–Trinajstić information content (AvgIpc) is 3.06. The predicted molar refractivity (Wildman–Crippen MR) is 113 cm³/mol. The Morgan fingerprint density at radius 1 is 0.929 bits per heavy atom. The third-order valence-corrected chi connectivity index (χ3v) is 5.12. The zero-order valence-corrected chi connectivity index (χ0v) is 16.6. The highest BCUT2D eigenvalue weighted by molar-refractivity contribution is 6.42. The number of nitrogens with one attached hydrogen (secondary N) is 1. The summed E-state index contributed by atoms with van der Waals surface area (Å²) in [5, 5.41) is 4.19. The Morgan fingerprint density at radius 3 is 2.46 bits per heavy atom. The van der Waals surface area contributed by atoms with Crippen LogP contribution in [0, 0.1) is 0 Å². The smallest absolute Gasteiger partial charge is 0.255 e. The summed E-state index contributed by atoms with van der Waals surface area (Å²) >= 11 is 17.8. The third-order valence-electron chi connectivity index (χ3n) is 4.14. The summed E-state index contributed by atoms with van der Waals surface area (Å²) in [4.78, 5) is 16.8. The largest absolute Gasteiger partial charge is 0.440 e. The van der Waals surface area contributed by atoms with Gasteiger partial charge in [-0.05, 0) is 54.1 Å². The molecule has 7 heteroatoms. The van der Waals surface area contributed by atoms with Gasteiger partial charge in [0.05, 0.1) is 10.0 Å². The van der Waals surface area contributed by atoms with E-state index in [1.807, 2.05) is 24.3 Å². The molecule has 0 fully saturated rings. The molecular formula is C21H13Cl3N2O2. The van der Waals surface area contributed by atoms with Crippen LogP contribution in [0.15, 0.2) is 65.1 Å². The standard InChI is InChI=1S/C21H13Cl3N2O2/c22-14-4-8-19-18(11-14)26-20(28-19)9-12-1-5-15(6-2-12)25-21(27)13-3-7-16(23)17(24)10-13/h1-8,10-11H,9H2,(H,25,27). The van der Waals surface area contributed by atoms with E-state index in [0.717, 1.165) is 11.1 Å². The number of aromatic nitrogens is 1. The second-order valence-electron chi connectivity index (χ2n) is 6.18. The van der Waals surface area contributed by atoms with Crippen molar-refractivity contribution in [2.75, 3.05) is 5.32 Å². The van der Waals surface area contributed by atoms with Crippen LogP contribution in [-0.2, 0) is 6.42 Å². The Labute approximate surface area is 176 Å². The minimum absolute atomic E-state index is 0.262. The van der Waals surface area contributed by atoms with Gasteiger partial charge in [0.1, 0.15) is 5.52 Å². The summed E-state index contributed by atoms with van der Waals surface area (Å²) in [6.07, 6.45) is 0.535. The number of benzene rings is 3. The molecule has 4 aromatic rings. The quantitative estimate of drug-likeness (QED) is 0.394. The normalized spacial score (nSPS) is 11.0. The lowest BCUT2D eigenvalue weighted by atomic mass is 10.1. The number of hydrogen-bond donors (Lipinski definition) is 1. The Morgan fingerprint density at radius 2 is 1.71 bits per heavy atom. The highest BCUT2D eigenvalue weighted by Gasteiger charge is 2.10. The van der Waals surface area contributed by atoms with Gasteiger partial charge < -0.3 is 9.73 Å². The summed E-state index contributed by atoms with van der Waals surface area (Å²) in [5.74, 6) is 0.340. The number of hydrogen-bond acceptors (Lipinski definition) is 3. The first-order valence-electron chi connectivity index (χ1n) is 8.38. The molecule has 0 radical (unpaired) electrons. The van der Waals surface area contributed by atoms with Gasteiger partial charge in [0.25, 0.3) is 5.91 Å². The Bertz CT molecular complexity index is 1170. The number of anilines is 1. The fourth-order valence-electron chi connectivity index (χ4n) is 2.75. The molecule has 0 aliphatic carbocycles. The van der Waals surface area contributed by atoms with E-state index in [0.29, 0.717) is 44.2 Å². The summed E-state index contributed by atoms with van der Waals surface area (Å²) in [6.45, 7) is 0. The van der Waals surface area contributed by atoms with Crippen molar-refractivity contribution in [2.24, 2.45) is 0 Å². The van der Waals surface area contributed by atoms with Crippen molar-refractivity contribution in [1.82, 2.24) is 4.98 Å². The third kappa shape index (κ3) is 4.14. The number of oxazole rings is 1. The molecule has 1 amide bonds. The molecule has 0 aliphatic rings. The molecule has 4 rings (SSSR count). The van der Waals surface area contributed by atoms with Crippen LogP contribution in [-0.4, -0.2) is 10.9 Å². The topological polar surface area (TPSA) is 55.1 Å². The first kappa shape index (κ1) is 18.8. The second kappa shape index (κ2) is 7.84. The van der Waals surface area contributed by atoms with Gasteiger partial charge in [-0.25, -0.2) is 4.98 Å². The molecule has 4 nitrogen and oxygen atoms in total. The maximum atomic E-state index is 12.3. The van der Waals surface area contributed by atoms with E-state index in [1.54, 1.807) is 30.3 Å². The highest BCUT2D eigenvalue weighted by Crippen LogP contribution is 2.24. The lowest BCUT2D eigenvalue weighted by Gasteiger charge is -2.07. The fourth-order valence-corrected chi connectivity index (χ4v) is 3.21. The second-order valence-corrected chi connectivity index (χ2v) is 7.43. The average molecular weight is 432 g/mol. The van der Waals surface area contributed by atoms with Crippen molar-refractivity contribution in [2.45, 2.75) is 6.42 Å². The molecule has 3 aromatic carbocycles. The van der Waals surface area contributed by atoms with E-state index in [9.17, 15) is 4.79 Å². The minimum Gasteiger partial charge on any atom is -0.440 e. The van der Waals surface area contributed by atoms with Gasteiger partial charge >= 0.3 is 0 Å². The lowest BCUT2D eigenvalue weighted by molar-refractivity contribution is 0.102. The SMILES string of the molecule is O=C(Nc1ccc(Cc2nc3cc(Cl)ccc3o2)cc1)c1ccc(Cl)c(Cl)c1. The van der Waals surface area contributed by atoms with Gasteiger partial charge in [-0.1, -0.05) is 46.9 Å². The number of fused-ring (bicyclic) bond motifs is 1. The maximum Gasteiger partial charge on any atom is 0.255 e. The van der Waals surface area contributed by atoms with E-state index < -0.39 is 0 Å². The number of amides is 1. The van der Waals surface area contributed by atoms with Gasteiger partial charge in [-0.2, -0.15) is 0 Å². The highest BCUT2D eigenvalue weighted by atomic mass is 35.5. The number of nitrogens with zero attached hydrogens (tertiary/aromatic N) is 1. The fraction of sp³-hybridized carbons (Fsp3) is 0.0476. The molecule has 0 aliphatic heterocycles. The van der Waals surface area contributed by atoms with E-state index in [1.165, 1.54) is 6.07 Å². The molecule has 140 valence electrons. The van der Waals surface area contributed by atoms with Crippen LogP contribution >= 0.6 is 34.8 Å². The minimum atomic E-state index is -0.262. The number of carbonyl (C=O) groups excluding carboxylic acids is 1. The van der Waals surface area contributed by atoms with Gasteiger partial charge in [0, 0.05) is 22.7 Å². The molecule has 1 N–H and O–H groups in total. The molecule has 0 saturated carbocycles. The van der Waals surface area contributed by atoms with Gasteiger partial charge in [-0.15, -0.1) is 0 Å². The van der Waals surface area contributed by atoms with Gasteiger partial charge in [0.15, 0.2) is 11.5 Å². The van der Waals surface area contributed by atoms with Crippen LogP contribution in [0.4, 0.5) is 5.69 Å². The zero-order chi connectivity index (χ0) is 19.7. The van der Waals surface area contributed by atoms with Gasteiger partial charge in [0.2, 0.25) is 0 Å². The summed E-state index contributed by atoms with van der Waals surface area (Å²) in [6, 6.07) is 17.6. The molecule has 1 aromatic heterocycles. The zero-order valence-electron chi connectivity index (χ0n) is 14.4. The van der Waals surface area contributed by atoms with E-state index in [4.69, 9.17) is 39.2 Å². The van der Waals surface area contributed by atoms with Crippen molar-refractivity contribution in [3.05, 3.63) is 92.7 Å². The molecule has 0 spiro atoms. The van der Waals surface area contributed by atoms with Crippen molar-refractivity contribution in [3.8, 4) is 0 Å². The Kier molecular flexibility index (Phi) is 5.27. The Hall–Kier alpha value is -2.53. The predicted octanol–water partition coefficient (Wildman–Crippen LogP) is 6.63. The van der Waals surface area contributed by atoms with Crippen molar-refractivity contribution >= 4 is 57.5 Å². The lowest BCUT2D eigenvalue weighted by Crippen LogP contribution is -2.11. The Balaban J connectivity index is 1.45. The van der Waals surface area contributed by atoms with E-state index in [-0.39, 0.29) is 5.91 Å². The van der Waals surface area contributed by atoms with E-state index in [2.05, 4.69) is 10.3 Å². The van der Waals surface area contributed by atoms with Crippen LogP contribution < -0.4 is 5.32 Å². The van der Waals surface area contributed by atoms with E-state index >= 15 is 0 Å². The van der Waals surface area contributed by atoms with Crippen molar-refractivity contribution in [3.63, 3.8) is 0 Å². The number of carbonyl (C=O) groups is 1. The molecule has 0 bridgehead atoms. The number of halogens is 3. The van der Waals surface area contributed by atoms with Crippen LogP contribution in [0.5, 0.6) is 0 Å².